The van der Waals surface area contributed by atoms with Crippen LogP contribution in [0.2, 0.25) is 0 Å². The summed E-state index contributed by atoms with van der Waals surface area (Å²) in [5.74, 6) is 0. The standard InChI is InChI=1S/C9H22N2/c1-5-10-6-7-11-8-9(2,3)4/h10-11H,5-8H2,1-4H3. The minimum atomic E-state index is 0.409. The molecular weight excluding hydrogens is 136 g/mol. The van der Waals surface area contributed by atoms with Crippen LogP contribution in [-0.2, 0) is 0 Å². The van der Waals surface area contributed by atoms with E-state index in [2.05, 4.69) is 38.3 Å². The number of hydrogen-bond acceptors (Lipinski definition) is 2. The molecule has 0 aliphatic carbocycles. The van der Waals surface area contributed by atoms with Crippen molar-refractivity contribution in [1.82, 2.24) is 10.6 Å². The summed E-state index contributed by atoms with van der Waals surface area (Å²) in [6.45, 7) is 13.2. The molecule has 0 aromatic heterocycles. The third-order valence-electron chi connectivity index (χ3n) is 1.38. The van der Waals surface area contributed by atoms with E-state index in [0.717, 1.165) is 26.2 Å². The second kappa shape index (κ2) is 5.56. The van der Waals surface area contributed by atoms with E-state index in [0.29, 0.717) is 5.41 Å². The molecule has 0 bridgehead atoms. The zero-order chi connectivity index (χ0) is 8.74. The van der Waals surface area contributed by atoms with Gasteiger partial charge in [-0.1, -0.05) is 27.7 Å². The second-order valence-electron chi connectivity index (χ2n) is 4.09. The maximum Gasteiger partial charge on any atom is 0.00769 e. The van der Waals surface area contributed by atoms with Crippen molar-refractivity contribution in [3.8, 4) is 0 Å². The Hall–Kier alpha value is -0.0800. The molecule has 0 aliphatic heterocycles. The molecule has 0 aromatic rings. The van der Waals surface area contributed by atoms with Gasteiger partial charge in [-0.2, -0.15) is 0 Å². The predicted octanol–water partition coefficient (Wildman–Crippen LogP) is 1.23. The monoisotopic (exact) mass is 158 g/mol. The molecular formula is C9H22N2. The molecule has 2 heteroatoms. The van der Waals surface area contributed by atoms with Crippen molar-refractivity contribution >= 4 is 0 Å². The van der Waals surface area contributed by atoms with Crippen LogP contribution in [-0.4, -0.2) is 26.2 Å². The van der Waals surface area contributed by atoms with Crippen LogP contribution in [0.5, 0.6) is 0 Å². The van der Waals surface area contributed by atoms with Crippen molar-refractivity contribution in [3.05, 3.63) is 0 Å². The molecule has 0 fully saturated rings. The van der Waals surface area contributed by atoms with Crippen molar-refractivity contribution in [3.63, 3.8) is 0 Å². The number of hydrogen-bond donors (Lipinski definition) is 2. The molecule has 0 spiro atoms. The summed E-state index contributed by atoms with van der Waals surface area (Å²) in [4.78, 5) is 0. The first-order valence-electron chi connectivity index (χ1n) is 4.47. The summed E-state index contributed by atoms with van der Waals surface area (Å²) < 4.78 is 0. The van der Waals surface area contributed by atoms with Gasteiger partial charge in [0.25, 0.3) is 0 Å². The lowest BCUT2D eigenvalue weighted by molar-refractivity contribution is 0.380. The van der Waals surface area contributed by atoms with Gasteiger partial charge in [0, 0.05) is 19.6 Å². The molecule has 0 saturated heterocycles. The molecule has 2 nitrogen and oxygen atoms in total. The molecule has 0 aliphatic rings. The number of likely N-dealkylation sites (N-methyl/N-ethyl adjacent to an activating group) is 1. The van der Waals surface area contributed by atoms with Crippen molar-refractivity contribution in [2.45, 2.75) is 27.7 Å². The molecule has 0 heterocycles. The van der Waals surface area contributed by atoms with Crippen LogP contribution >= 0.6 is 0 Å². The van der Waals surface area contributed by atoms with E-state index in [9.17, 15) is 0 Å². The van der Waals surface area contributed by atoms with Crippen LogP contribution in [0.1, 0.15) is 27.7 Å². The SMILES string of the molecule is CCNCCNCC(C)(C)C. The topological polar surface area (TPSA) is 24.1 Å². The zero-order valence-electron chi connectivity index (χ0n) is 8.33. The average molecular weight is 158 g/mol. The summed E-state index contributed by atoms with van der Waals surface area (Å²) in [5, 5.41) is 6.67. The largest absolute Gasteiger partial charge is 0.316 e. The fourth-order valence-electron chi connectivity index (χ4n) is 0.817. The number of rotatable bonds is 5. The Bertz CT molecular complexity index is 84.1. The van der Waals surface area contributed by atoms with Gasteiger partial charge in [0.05, 0.1) is 0 Å². The van der Waals surface area contributed by atoms with E-state index >= 15 is 0 Å². The van der Waals surface area contributed by atoms with Gasteiger partial charge in [-0.3, -0.25) is 0 Å². The predicted molar refractivity (Wildman–Crippen MR) is 50.9 cm³/mol. The van der Waals surface area contributed by atoms with E-state index in [4.69, 9.17) is 0 Å². The molecule has 0 radical (unpaired) electrons. The Kier molecular flexibility index (Phi) is 5.51. The fourth-order valence-corrected chi connectivity index (χ4v) is 0.817. The lowest BCUT2D eigenvalue weighted by Gasteiger charge is -2.18. The van der Waals surface area contributed by atoms with Gasteiger partial charge < -0.3 is 10.6 Å². The van der Waals surface area contributed by atoms with Gasteiger partial charge >= 0.3 is 0 Å². The first-order valence-corrected chi connectivity index (χ1v) is 4.47. The van der Waals surface area contributed by atoms with Crippen molar-refractivity contribution in [1.29, 1.82) is 0 Å². The third kappa shape index (κ3) is 9.92. The highest BCUT2D eigenvalue weighted by atomic mass is 14.9. The maximum atomic E-state index is 3.40. The molecule has 0 unspecified atom stereocenters. The fraction of sp³-hybridized carbons (Fsp3) is 1.00. The van der Waals surface area contributed by atoms with E-state index in [-0.39, 0.29) is 0 Å². The first kappa shape index (κ1) is 10.9. The Morgan fingerprint density at radius 1 is 1.00 bits per heavy atom. The van der Waals surface area contributed by atoms with E-state index in [1.54, 1.807) is 0 Å². The Balaban J connectivity index is 3.02. The highest BCUT2D eigenvalue weighted by Gasteiger charge is 2.07. The minimum Gasteiger partial charge on any atom is -0.316 e. The minimum absolute atomic E-state index is 0.409. The second-order valence-corrected chi connectivity index (χ2v) is 4.09. The summed E-state index contributed by atoms with van der Waals surface area (Å²) in [7, 11) is 0. The highest BCUT2D eigenvalue weighted by molar-refractivity contribution is 4.64. The van der Waals surface area contributed by atoms with Gasteiger partial charge in [0.1, 0.15) is 0 Å². The van der Waals surface area contributed by atoms with E-state index < -0.39 is 0 Å². The Labute approximate surface area is 70.8 Å². The molecule has 0 saturated carbocycles. The zero-order valence-corrected chi connectivity index (χ0v) is 8.33. The van der Waals surface area contributed by atoms with Crippen LogP contribution in [0, 0.1) is 5.41 Å². The lowest BCUT2D eigenvalue weighted by atomic mass is 9.97. The molecule has 68 valence electrons. The molecule has 0 amide bonds. The van der Waals surface area contributed by atoms with Crippen LogP contribution in [0.25, 0.3) is 0 Å². The highest BCUT2D eigenvalue weighted by Crippen LogP contribution is 2.09. The summed E-state index contributed by atoms with van der Waals surface area (Å²) in [6, 6.07) is 0. The van der Waals surface area contributed by atoms with Crippen LogP contribution in [0.15, 0.2) is 0 Å². The molecule has 0 atom stereocenters. The van der Waals surface area contributed by atoms with Crippen LogP contribution < -0.4 is 10.6 Å². The van der Waals surface area contributed by atoms with Gasteiger partial charge in [0.15, 0.2) is 0 Å². The molecule has 0 aromatic carbocycles. The lowest BCUT2D eigenvalue weighted by Crippen LogP contribution is -2.32. The summed E-state index contributed by atoms with van der Waals surface area (Å²) in [6.07, 6.45) is 0. The summed E-state index contributed by atoms with van der Waals surface area (Å²) >= 11 is 0. The van der Waals surface area contributed by atoms with Gasteiger partial charge in [-0.05, 0) is 12.0 Å². The number of nitrogens with one attached hydrogen (secondary N) is 2. The third-order valence-corrected chi connectivity index (χ3v) is 1.38. The maximum absolute atomic E-state index is 3.40. The van der Waals surface area contributed by atoms with Crippen molar-refractivity contribution in [2.75, 3.05) is 26.2 Å². The first-order chi connectivity index (χ1) is 5.06. The molecule has 0 rings (SSSR count). The van der Waals surface area contributed by atoms with Gasteiger partial charge in [-0.15, -0.1) is 0 Å². The van der Waals surface area contributed by atoms with Gasteiger partial charge in [0.2, 0.25) is 0 Å². The van der Waals surface area contributed by atoms with E-state index in [1.807, 2.05) is 0 Å². The van der Waals surface area contributed by atoms with Crippen molar-refractivity contribution < 1.29 is 0 Å². The average Bonchev–Trinajstić information content (AvgIpc) is 1.85. The quantitative estimate of drug-likeness (QED) is 0.588. The van der Waals surface area contributed by atoms with Crippen LogP contribution in [0.3, 0.4) is 0 Å². The molecule has 11 heavy (non-hydrogen) atoms. The Morgan fingerprint density at radius 3 is 2.00 bits per heavy atom. The van der Waals surface area contributed by atoms with Gasteiger partial charge in [-0.25, -0.2) is 0 Å². The summed E-state index contributed by atoms with van der Waals surface area (Å²) in [5.41, 5.74) is 0.409. The van der Waals surface area contributed by atoms with Crippen molar-refractivity contribution in [2.24, 2.45) is 5.41 Å². The molecule has 2 N–H and O–H groups in total. The van der Waals surface area contributed by atoms with E-state index in [1.165, 1.54) is 0 Å². The van der Waals surface area contributed by atoms with Crippen LogP contribution in [0.4, 0.5) is 0 Å². The Morgan fingerprint density at radius 2 is 1.55 bits per heavy atom. The smallest absolute Gasteiger partial charge is 0.00769 e. The normalized spacial score (nSPS) is 12.0.